The topological polar surface area (TPSA) is 65.8 Å². The van der Waals surface area contributed by atoms with Crippen molar-refractivity contribution in [3.8, 4) is 0 Å². The number of para-hydroxylation sites is 1. The number of rotatable bonds is 8. The minimum atomic E-state index is -0.552. The molecule has 7 heteroatoms. The van der Waals surface area contributed by atoms with Crippen molar-refractivity contribution in [3.05, 3.63) is 72.0 Å². The highest BCUT2D eigenvalue weighted by molar-refractivity contribution is 7.98. The van der Waals surface area contributed by atoms with Crippen molar-refractivity contribution in [1.29, 1.82) is 0 Å². The molecule has 1 fully saturated rings. The molecule has 168 valence electrons. The summed E-state index contributed by atoms with van der Waals surface area (Å²) in [7, 11) is 0. The van der Waals surface area contributed by atoms with Crippen molar-refractivity contribution >= 4 is 34.5 Å². The maximum absolute atomic E-state index is 13.3. The molecule has 0 saturated carbocycles. The molecular weight excluding hydrogens is 422 g/mol. The molecule has 1 saturated heterocycles. The number of furan rings is 1. The fourth-order valence-electron chi connectivity index (χ4n) is 4.00. The first-order valence-corrected chi connectivity index (χ1v) is 12.4. The molecule has 1 aliphatic heterocycles. The van der Waals surface area contributed by atoms with Crippen LogP contribution in [0.4, 0.5) is 0 Å². The van der Waals surface area contributed by atoms with Gasteiger partial charge in [-0.25, -0.2) is 0 Å². The number of amides is 2. The van der Waals surface area contributed by atoms with E-state index in [1.165, 1.54) is 5.56 Å². The van der Waals surface area contributed by atoms with E-state index in [2.05, 4.69) is 34.5 Å². The molecule has 2 amide bonds. The molecule has 1 aliphatic rings. The molecule has 2 aromatic carbocycles. The highest BCUT2D eigenvalue weighted by Crippen LogP contribution is 2.19. The van der Waals surface area contributed by atoms with Crippen molar-refractivity contribution in [1.82, 2.24) is 15.1 Å². The van der Waals surface area contributed by atoms with Crippen LogP contribution in [0.2, 0.25) is 0 Å². The monoisotopic (exact) mass is 451 g/mol. The van der Waals surface area contributed by atoms with Crippen LogP contribution in [-0.4, -0.2) is 65.8 Å². The van der Waals surface area contributed by atoms with Gasteiger partial charge in [0.2, 0.25) is 5.91 Å². The van der Waals surface area contributed by atoms with Crippen molar-refractivity contribution in [2.45, 2.75) is 19.0 Å². The molecule has 0 spiro atoms. The lowest BCUT2D eigenvalue weighted by atomic mass is 10.1. The third-order valence-corrected chi connectivity index (χ3v) is 6.44. The van der Waals surface area contributed by atoms with Crippen molar-refractivity contribution in [2.75, 3.05) is 38.2 Å². The first-order chi connectivity index (χ1) is 15.6. The third-order valence-electron chi connectivity index (χ3n) is 5.80. The largest absolute Gasteiger partial charge is 0.451 e. The van der Waals surface area contributed by atoms with Crippen LogP contribution < -0.4 is 5.32 Å². The van der Waals surface area contributed by atoms with Crippen LogP contribution in [-0.2, 0) is 11.3 Å². The van der Waals surface area contributed by atoms with Crippen molar-refractivity contribution in [2.24, 2.45) is 0 Å². The standard InChI is InChI=1S/C25H29N3O3S/c1-32-16-11-21(26-24(29)23-17-20-9-5-6-10-22(20)31-23)25(30)28-14-12-27(13-15-28)18-19-7-3-2-4-8-19/h2-10,17,21H,11-16,18H2,1H3,(H,26,29). The SMILES string of the molecule is CSCCC(NC(=O)c1cc2ccccc2o1)C(=O)N1CCN(Cc2ccccc2)CC1. The first-order valence-electron chi connectivity index (χ1n) is 11.0. The van der Waals surface area contributed by atoms with Crippen LogP contribution in [0.3, 0.4) is 0 Å². The predicted octanol–water partition coefficient (Wildman–Crippen LogP) is 3.63. The second-order valence-corrected chi connectivity index (χ2v) is 9.03. The van der Waals surface area contributed by atoms with Crippen LogP contribution in [0.15, 0.2) is 65.1 Å². The van der Waals surface area contributed by atoms with Crippen LogP contribution in [0, 0.1) is 0 Å². The number of thioether (sulfide) groups is 1. The smallest absolute Gasteiger partial charge is 0.287 e. The summed E-state index contributed by atoms with van der Waals surface area (Å²) in [4.78, 5) is 30.3. The van der Waals surface area contributed by atoms with Gasteiger partial charge in [0.15, 0.2) is 5.76 Å². The van der Waals surface area contributed by atoms with E-state index in [0.717, 1.165) is 30.8 Å². The van der Waals surface area contributed by atoms with Gasteiger partial charge in [-0.15, -0.1) is 0 Å². The Morgan fingerprint density at radius 3 is 2.47 bits per heavy atom. The lowest BCUT2D eigenvalue weighted by Gasteiger charge is -2.36. The molecule has 4 rings (SSSR count). The van der Waals surface area contributed by atoms with Gasteiger partial charge in [-0.2, -0.15) is 11.8 Å². The van der Waals surface area contributed by atoms with Crippen LogP contribution in [0.5, 0.6) is 0 Å². The van der Waals surface area contributed by atoms with Gasteiger partial charge in [-0.3, -0.25) is 14.5 Å². The number of piperazine rings is 1. The van der Waals surface area contributed by atoms with Gasteiger partial charge in [0.1, 0.15) is 11.6 Å². The molecule has 0 radical (unpaired) electrons. The number of carbonyl (C=O) groups is 2. The van der Waals surface area contributed by atoms with Crippen molar-refractivity contribution in [3.63, 3.8) is 0 Å². The Bertz CT molecular complexity index is 1010. The van der Waals surface area contributed by atoms with Crippen LogP contribution >= 0.6 is 11.8 Å². The number of fused-ring (bicyclic) bond motifs is 1. The Hall–Kier alpha value is -2.77. The molecule has 0 aliphatic carbocycles. The molecule has 6 nitrogen and oxygen atoms in total. The van der Waals surface area contributed by atoms with Gasteiger partial charge in [0.25, 0.3) is 5.91 Å². The summed E-state index contributed by atoms with van der Waals surface area (Å²) >= 11 is 1.67. The Morgan fingerprint density at radius 1 is 1.03 bits per heavy atom. The van der Waals surface area contributed by atoms with E-state index in [4.69, 9.17) is 4.42 Å². The first kappa shape index (κ1) is 22.4. The summed E-state index contributed by atoms with van der Waals surface area (Å²) in [5, 5.41) is 3.80. The minimum Gasteiger partial charge on any atom is -0.451 e. The van der Waals surface area contributed by atoms with E-state index in [1.54, 1.807) is 17.8 Å². The fourth-order valence-corrected chi connectivity index (χ4v) is 4.48. The van der Waals surface area contributed by atoms with E-state index < -0.39 is 6.04 Å². The maximum Gasteiger partial charge on any atom is 0.287 e. The highest BCUT2D eigenvalue weighted by atomic mass is 32.2. The zero-order valence-corrected chi connectivity index (χ0v) is 19.1. The van der Waals surface area contributed by atoms with Crippen molar-refractivity contribution < 1.29 is 14.0 Å². The molecule has 3 aromatic rings. The maximum atomic E-state index is 13.3. The van der Waals surface area contributed by atoms with Crippen LogP contribution in [0.25, 0.3) is 11.0 Å². The third kappa shape index (κ3) is 5.53. The summed E-state index contributed by atoms with van der Waals surface area (Å²) in [5.41, 5.74) is 1.95. The van der Waals surface area contributed by atoms with Crippen LogP contribution in [0.1, 0.15) is 22.5 Å². The lowest BCUT2D eigenvalue weighted by Crippen LogP contribution is -2.54. The molecule has 1 aromatic heterocycles. The second kappa shape index (κ2) is 10.7. The second-order valence-electron chi connectivity index (χ2n) is 8.04. The minimum absolute atomic E-state index is 0.0112. The molecule has 1 unspecified atom stereocenters. The average Bonchev–Trinajstić information content (AvgIpc) is 3.27. The normalized spacial score (nSPS) is 15.6. The number of hydrogen-bond donors (Lipinski definition) is 1. The number of hydrogen-bond acceptors (Lipinski definition) is 5. The number of nitrogens with one attached hydrogen (secondary N) is 1. The fraction of sp³-hybridized carbons (Fsp3) is 0.360. The van der Waals surface area contributed by atoms with Gasteiger partial charge in [0.05, 0.1) is 0 Å². The molecule has 32 heavy (non-hydrogen) atoms. The summed E-state index contributed by atoms with van der Waals surface area (Å²) in [6.07, 6.45) is 2.60. The predicted molar refractivity (Wildman–Crippen MR) is 129 cm³/mol. The Balaban J connectivity index is 1.36. The summed E-state index contributed by atoms with van der Waals surface area (Å²) < 4.78 is 5.68. The summed E-state index contributed by atoms with van der Waals surface area (Å²) in [6, 6.07) is 19.1. The number of carbonyl (C=O) groups excluding carboxylic acids is 2. The quantitative estimate of drug-likeness (QED) is 0.567. The zero-order chi connectivity index (χ0) is 22.3. The molecular formula is C25H29N3O3S. The summed E-state index contributed by atoms with van der Waals surface area (Å²) in [6.45, 7) is 3.88. The van der Waals surface area contributed by atoms with Gasteiger partial charge < -0.3 is 14.6 Å². The van der Waals surface area contributed by atoms with E-state index in [1.807, 2.05) is 41.5 Å². The number of benzene rings is 2. The van der Waals surface area contributed by atoms with E-state index >= 15 is 0 Å². The van der Waals surface area contributed by atoms with E-state index in [0.29, 0.717) is 25.1 Å². The van der Waals surface area contributed by atoms with Gasteiger partial charge >= 0.3 is 0 Å². The lowest BCUT2D eigenvalue weighted by molar-refractivity contribution is -0.135. The summed E-state index contributed by atoms with van der Waals surface area (Å²) in [5.74, 6) is 0.678. The highest BCUT2D eigenvalue weighted by Gasteiger charge is 2.29. The molecule has 1 N–H and O–H groups in total. The Morgan fingerprint density at radius 2 is 1.75 bits per heavy atom. The van der Waals surface area contributed by atoms with Gasteiger partial charge in [0, 0.05) is 38.1 Å². The zero-order valence-electron chi connectivity index (χ0n) is 18.3. The van der Waals surface area contributed by atoms with Gasteiger partial charge in [-0.05, 0) is 36.1 Å². The van der Waals surface area contributed by atoms with Gasteiger partial charge in [-0.1, -0.05) is 48.5 Å². The molecule has 0 bridgehead atoms. The van der Waals surface area contributed by atoms with E-state index in [9.17, 15) is 9.59 Å². The number of nitrogens with zero attached hydrogens (tertiary/aromatic N) is 2. The Kier molecular flexibility index (Phi) is 7.50. The average molecular weight is 452 g/mol. The Labute approximate surface area is 192 Å². The van der Waals surface area contributed by atoms with E-state index in [-0.39, 0.29) is 17.6 Å². The molecule has 2 heterocycles. The molecule has 1 atom stereocenters.